The topological polar surface area (TPSA) is 95.6 Å². The molecule has 0 bridgehead atoms. The lowest BCUT2D eigenvalue weighted by molar-refractivity contribution is -0.131. The summed E-state index contributed by atoms with van der Waals surface area (Å²) >= 11 is 0. The van der Waals surface area contributed by atoms with Crippen LogP contribution in [0, 0.1) is 13.8 Å². The lowest BCUT2D eigenvalue weighted by Gasteiger charge is -2.32. The lowest BCUT2D eigenvalue weighted by atomic mass is 10.1. The molecular formula is C22H27N3O4S. The Morgan fingerprint density at radius 2 is 1.70 bits per heavy atom. The van der Waals surface area contributed by atoms with E-state index in [0.717, 1.165) is 5.56 Å². The van der Waals surface area contributed by atoms with Gasteiger partial charge >= 0.3 is 0 Å². The minimum absolute atomic E-state index is 0.0767. The van der Waals surface area contributed by atoms with Crippen molar-refractivity contribution in [3.8, 4) is 0 Å². The molecule has 0 unspecified atom stereocenters. The summed E-state index contributed by atoms with van der Waals surface area (Å²) in [6.45, 7) is 4.52. The Bertz CT molecular complexity index is 1010. The number of hydrogen-bond acceptors (Lipinski definition) is 4. The van der Waals surface area contributed by atoms with E-state index in [1.54, 1.807) is 48.2 Å². The highest BCUT2D eigenvalue weighted by Crippen LogP contribution is 2.19. The number of nitrogens with zero attached hydrogens (tertiary/aromatic N) is 1. The molecule has 1 heterocycles. The maximum Gasteiger partial charge on any atom is 0.251 e. The van der Waals surface area contributed by atoms with Crippen molar-refractivity contribution in [2.75, 3.05) is 19.6 Å². The molecule has 2 aromatic rings. The van der Waals surface area contributed by atoms with Crippen LogP contribution >= 0.6 is 0 Å². The first-order valence-electron chi connectivity index (χ1n) is 9.97. The molecule has 30 heavy (non-hydrogen) atoms. The standard InChI is InChI=1S/C22H27N3O4S/c1-16-8-9-20(17(2)14-16)30(28,29)24-19-10-12-25(13-11-19)21(26)15-23-22(27)18-6-4-3-5-7-18/h3-9,14,19,24H,10-13,15H2,1-2H3,(H,23,27). The van der Waals surface area contributed by atoms with Gasteiger partial charge in [-0.15, -0.1) is 0 Å². The summed E-state index contributed by atoms with van der Waals surface area (Å²) < 4.78 is 28.2. The minimum atomic E-state index is -3.61. The molecule has 3 rings (SSSR count). The Hall–Kier alpha value is -2.71. The second kappa shape index (κ2) is 9.40. The number of sulfonamides is 1. The Balaban J connectivity index is 1.49. The number of piperidine rings is 1. The van der Waals surface area contributed by atoms with Crippen LogP contribution in [0.3, 0.4) is 0 Å². The monoisotopic (exact) mass is 429 g/mol. The van der Waals surface area contributed by atoms with Crippen LogP contribution in [0.1, 0.15) is 34.3 Å². The van der Waals surface area contributed by atoms with Crippen LogP contribution in [0.25, 0.3) is 0 Å². The number of amides is 2. The SMILES string of the molecule is Cc1ccc(S(=O)(=O)NC2CCN(C(=O)CNC(=O)c3ccccc3)CC2)c(C)c1. The quantitative estimate of drug-likeness (QED) is 0.734. The smallest absolute Gasteiger partial charge is 0.251 e. The largest absolute Gasteiger partial charge is 0.343 e. The molecule has 2 amide bonds. The van der Waals surface area contributed by atoms with Gasteiger partial charge in [0.2, 0.25) is 15.9 Å². The van der Waals surface area contributed by atoms with Gasteiger partial charge in [-0.2, -0.15) is 0 Å². The first-order valence-corrected chi connectivity index (χ1v) is 11.5. The van der Waals surface area contributed by atoms with E-state index in [1.807, 2.05) is 19.1 Å². The molecule has 0 saturated carbocycles. The summed E-state index contributed by atoms with van der Waals surface area (Å²) in [5.41, 5.74) is 2.23. The number of rotatable bonds is 6. The molecule has 7 nitrogen and oxygen atoms in total. The zero-order valence-electron chi connectivity index (χ0n) is 17.2. The van der Waals surface area contributed by atoms with Gasteiger partial charge in [-0.05, 0) is 50.5 Å². The predicted octanol–water partition coefficient (Wildman–Crippen LogP) is 2.00. The normalized spacial score (nSPS) is 15.1. The highest BCUT2D eigenvalue weighted by atomic mass is 32.2. The maximum atomic E-state index is 12.7. The predicted molar refractivity (Wildman–Crippen MR) is 115 cm³/mol. The van der Waals surface area contributed by atoms with E-state index in [9.17, 15) is 18.0 Å². The molecule has 2 aromatic carbocycles. The summed E-state index contributed by atoms with van der Waals surface area (Å²) in [4.78, 5) is 26.4. The second-order valence-corrected chi connectivity index (χ2v) is 9.28. The lowest BCUT2D eigenvalue weighted by Crippen LogP contribution is -2.49. The van der Waals surface area contributed by atoms with Crippen molar-refractivity contribution >= 4 is 21.8 Å². The summed E-state index contributed by atoms with van der Waals surface area (Å²) in [5.74, 6) is -0.463. The van der Waals surface area contributed by atoms with Crippen molar-refractivity contribution in [2.45, 2.75) is 37.6 Å². The number of carbonyl (C=O) groups is 2. The number of carbonyl (C=O) groups excluding carboxylic acids is 2. The van der Waals surface area contributed by atoms with E-state index in [-0.39, 0.29) is 29.3 Å². The van der Waals surface area contributed by atoms with Gasteiger partial charge < -0.3 is 10.2 Å². The average Bonchev–Trinajstić information content (AvgIpc) is 2.72. The summed E-state index contributed by atoms with van der Waals surface area (Å²) in [6, 6.07) is 13.8. The molecule has 160 valence electrons. The molecule has 0 atom stereocenters. The van der Waals surface area contributed by atoms with Crippen molar-refractivity contribution in [1.29, 1.82) is 0 Å². The van der Waals surface area contributed by atoms with Gasteiger partial charge in [-0.1, -0.05) is 35.9 Å². The summed E-state index contributed by atoms with van der Waals surface area (Å²) in [7, 11) is -3.61. The average molecular weight is 430 g/mol. The van der Waals surface area contributed by atoms with Crippen molar-refractivity contribution in [3.05, 3.63) is 65.2 Å². The Morgan fingerprint density at radius 3 is 2.33 bits per heavy atom. The van der Waals surface area contributed by atoms with E-state index < -0.39 is 10.0 Å². The number of aryl methyl sites for hydroxylation is 2. The fraction of sp³-hybridized carbons (Fsp3) is 0.364. The summed E-state index contributed by atoms with van der Waals surface area (Å²) in [6.07, 6.45) is 1.06. The molecule has 1 aliphatic heterocycles. The molecule has 8 heteroatoms. The van der Waals surface area contributed by atoms with Crippen LogP contribution in [0.4, 0.5) is 0 Å². The third-order valence-corrected chi connectivity index (χ3v) is 6.91. The molecule has 0 aromatic heterocycles. The van der Waals surface area contributed by atoms with Crippen LogP contribution in [0.5, 0.6) is 0 Å². The van der Waals surface area contributed by atoms with E-state index in [4.69, 9.17) is 0 Å². The first-order chi connectivity index (χ1) is 14.3. The number of hydrogen-bond donors (Lipinski definition) is 2. The zero-order chi connectivity index (χ0) is 21.7. The van der Waals surface area contributed by atoms with Gasteiger partial charge in [0.15, 0.2) is 0 Å². The molecule has 0 spiro atoms. The molecule has 1 saturated heterocycles. The molecule has 0 radical (unpaired) electrons. The Morgan fingerprint density at radius 1 is 1.03 bits per heavy atom. The highest BCUT2D eigenvalue weighted by Gasteiger charge is 2.27. The molecule has 1 fully saturated rings. The third kappa shape index (κ3) is 5.46. The molecule has 2 N–H and O–H groups in total. The fourth-order valence-corrected chi connectivity index (χ4v) is 5.12. The van der Waals surface area contributed by atoms with Crippen molar-refractivity contribution in [2.24, 2.45) is 0 Å². The van der Waals surface area contributed by atoms with Crippen LogP contribution in [-0.2, 0) is 14.8 Å². The minimum Gasteiger partial charge on any atom is -0.343 e. The van der Waals surface area contributed by atoms with Crippen LogP contribution in [0.15, 0.2) is 53.4 Å². The molecular weight excluding hydrogens is 402 g/mol. The Kier molecular flexibility index (Phi) is 6.89. The van der Waals surface area contributed by atoms with Gasteiger partial charge in [-0.3, -0.25) is 9.59 Å². The van der Waals surface area contributed by atoms with Gasteiger partial charge in [0.1, 0.15) is 0 Å². The zero-order valence-corrected chi connectivity index (χ0v) is 18.0. The van der Waals surface area contributed by atoms with Crippen molar-refractivity contribution in [1.82, 2.24) is 14.9 Å². The second-order valence-electron chi connectivity index (χ2n) is 7.59. The van der Waals surface area contributed by atoms with Gasteiger partial charge in [-0.25, -0.2) is 13.1 Å². The van der Waals surface area contributed by atoms with Crippen LogP contribution in [0.2, 0.25) is 0 Å². The fourth-order valence-electron chi connectivity index (χ4n) is 3.59. The number of likely N-dealkylation sites (tertiary alicyclic amines) is 1. The molecule has 1 aliphatic rings. The van der Waals surface area contributed by atoms with Crippen LogP contribution in [-0.4, -0.2) is 50.8 Å². The first kappa shape index (κ1) is 22.0. The number of benzene rings is 2. The summed E-state index contributed by atoms with van der Waals surface area (Å²) in [5, 5.41) is 2.64. The Labute approximate surface area is 177 Å². The van der Waals surface area contributed by atoms with Gasteiger partial charge in [0, 0.05) is 24.7 Å². The van der Waals surface area contributed by atoms with Gasteiger partial charge in [0.05, 0.1) is 11.4 Å². The maximum absolute atomic E-state index is 12.7. The van der Waals surface area contributed by atoms with Crippen LogP contribution < -0.4 is 10.0 Å². The third-order valence-electron chi connectivity index (χ3n) is 5.23. The van der Waals surface area contributed by atoms with E-state index in [2.05, 4.69) is 10.0 Å². The van der Waals surface area contributed by atoms with E-state index >= 15 is 0 Å². The van der Waals surface area contributed by atoms with Gasteiger partial charge in [0.25, 0.3) is 5.91 Å². The van der Waals surface area contributed by atoms with E-state index in [1.165, 1.54) is 0 Å². The highest BCUT2D eigenvalue weighted by molar-refractivity contribution is 7.89. The number of nitrogens with one attached hydrogen (secondary N) is 2. The van der Waals surface area contributed by atoms with E-state index in [0.29, 0.717) is 37.1 Å². The van der Waals surface area contributed by atoms with Crippen molar-refractivity contribution in [3.63, 3.8) is 0 Å². The van der Waals surface area contributed by atoms with Crippen molar-refractivity contribution < 1.29 is 18.0 Å². The molecule has 0 aliphatic carbocycles.